The largest absolute Gasteiger partial charge is 0.481 e. The number of benzene rings is 1. The smallest absolute Gasteiger partial charge is 0.303 e. The van der Waals surface area contributed by atoms with Gasteiger partial charge >= 0.3 is 5.97 Å². The molecule has 0 bridgehead atoms. The van der Waals surface area contributed by atoms with E-state index in [1.807, 2.05) is 30.3 Å². The summed E-state index contributed by atoms with van der Waals surface area (Å²) in [4.78, 5) is 10.7. The summed E-state index contributed by atoms with van der Waals surface area (Å²) in [6.45, 7) is 2.13. The van der Waals surface area contributed by atoms with Crippen molar-refractivity contribution in [2.45, 2.75) is 38.5 Å². The van der Waals surface area contributed by atoms with Gasteiger partial charge in [0.15, 0.2) is 0 Å². The van der Waals surface area contributed by atoms with E-state index in [2.05, 4.69) is 6.92 Å². The SMILES string of the molecule is CCCC[C@@H](CC(=O)O)c1ccccc1. The van der Waals surface area contributed by atoms with Crippen LogP contribution in [0.5, 0.6) is 0 Å². The van der Waals surface area contributed by atoms with Crippen LogP contribution >= 0.6 is 0 Å². The number of carboxylic acid groups (broad SMARTS) is 1. The predicted octanol–water partition coefficient (Wildman–Crippen LogP) is 3.44. The van der Waals surface area contributed by atoms with Gasteiger partial charge in [-0.2, -0.15) is 0 Å². The third-order valence-corrected chi connectivity index (χ3v) is 2.60. The highest BCUT2D eigenvalue weighted by molar-refractivity contribution is 5.68. The molecule has 0 fully saturated rings. The van der Waals surface area contributed by atoms with Crippen LogP contribution in [0, 0.1) is 0 Å². The van der Waals surface area contributed by atoms with Crippen LogP contribution in [0.2, 0.25) is 0 Å². The van der Waals surface area contributed by atoms with E-state index in [1.54, 1.807) is 0 Å². The maximum atomic E-state index is 10.7. The van der Waals surface area contributed by atoms with E-state index < -0.39 is 5.97 Å². The van der Waals surface area contributed by atoms with Crippen LogP contribution in [0.15, 0.2) is 30.3 Å². The highest BCUT2D eigenvalue weighted by atomic mass is 16.4. The lowest BCUT2D eigenvalue weighted by Crippen LogP contribution is -2.06. The lowest BCUT2D eigenvalue weighted by atomic mass is 9.91. The number of aliphatic carboxylic acids is 1. The molecule has 0 amide bonds. The summed E-state index contributed by atoms with van der Waals surface area (Å²) in [6.07, 6.45) is 3.41. The van der Waals surface area contributed by atoms with Crippen LogP contribution in [-0.4, -0.2) is 11.1 Å². The molecule has 1 atom stereocenters. The minimum absolute atomic E-state index is 0.170. The molecule has 2 nitrogen and oxygen atoms in total. The highest BCUT2D eigenvalue weighted by Gasteiger charge is 2.14. The van der Waals surface area contributed by atoms with Crippen LogP contribution < -0.4 is 0 Å². The van der Waals surface area contributed by atoms with Crippen LogP contribution in [-0.2, 0) is 4.79 Å². The first kappa shape index (κ1) is 11.8. The van der Waals surface area contributed by atoms with E-state index in [1.165, 1.54) is 0 Å². The fraction of sp³-hybridized carbons (Fsp3) is 0.462. The summed E-state index contributed by atoms with van der Waals surface area (Å²) in [5.41, 5.74) is 1.15. The average Bonchev–Trinajstić information content (AvgIpc) is 2.25. The Hall–Kier alpha value is -1.31. The Kier molecular flexibility index (Phi) is 4.88. The summed E-state index contributed by atoms with van der Waals surface area (Å²) in [7, 11) is 0. The fourth-order valence-electron chi connectivity index (χ4n) is 1.77. The minimum Gasteiger partial charge on any atom is -0.481 e. The van der Waals surface area contributed by atoms with Crippen molar-refractivity contribution in [3.05, 3.63) is 35.9 Å². The Labute approximate surface area is 90.9 Å². The second kappa shape index (κ2) is 6.23. The Morgan fingerprint density at radius 1 is 1.33 bits per heavy atom. The molecule has 0 radical (unpaired) electrons. The summed E-state index contributed by atoms with van der Waals surface area (Å²) in [6, 6.07) is 9.93. The molecule has 82 valence electrons. The van der Waals surface area contributed by atoms with Gasteiger partial charge in [-0.25, -0.2) is 0 Å². The molecule has 0 heterocycles. The van der Waals surface area contributed by atoms with Gasteiger partial charge in [-0.3, -0.25) is 4.79 Å². The zero-order chi connectivity index (χ0) is 11.1. The minimum atomic E-state index is -0.708. The molecule has 0 aromatic heterocycles. The van der Waals surface area contributed by atoms with Crippen molar-refractivity contribution in [3.8, 4) is 0 Å². The second-order valence-electron chi connectivity index (χ2n) is 3.85. The van der Waals surface area contributed by atoms with Crippen molar-refractivity contribution in [2.75, 3.05) is 0 Å². The van der Waals surface area contributed by atoms with E-state index in [4.69, 9.17) is 5.11 Å². The van der Waals surface area contributed by atoms with Gasteiger partial charge in [0.2, 0.25) is 0 Å². The molecule has 1 N–H and O–H groups in total. The number of hydrogen-bond donors (Lipinski definition) is 1. The first-order valence-electron chi connectivity index (χ1n) is 5.50. The molecule has 0 saturated carbocycles. The van der Waals surface area contributed by atoms with Crippen molar-refractivity contribution in [1.82, 2.24) is 0 Å². The first-order chi connectivity index (χ1) is 7.24. The van der Waals surface area contributed by atoms with E-state index >= 15 is 0 Å². The van der Waals surface area contributed by atoms with Crippen molar-refractivity contribution < 1.29 is 9.90 Å². The van der Waals surface area contributed by atoms with Gasteiger partial charge in [-0.15, -0.1) is 0 Å². The molecule has 1 rings (SSSR count). The maximum absolute atomic E-state index is 10.7. The predicted molar refractivity (Wildman–Crippen MR) is 61.0 cm³/mol. The Morgan fingerprint density at radius 3 is 2.53 bits per heavy atom. The maximum Gasteiger partial charge on any atom is 0.303 e. The van der Waals surface area contributed by atoms with Crippen molar-refractivity contribution in [1.29, 1.82) is 0 Å². The van der Waals surface area contributed by atoms with E-state index in [0.29, 0.717) is 0 Å². The molecular weight excluding hydrogens is 188 g/mol. The van der Waals surface area contributed by atoms with Gasteiger partial charge in [0, 0.05) is 0 Å². The summed E-state index contributed by atoms with van der Waals surface area (Å²) < 4.78 is 0. The van der Waals surface area contributed by atoms with Crippen LogP contribution in [0.4, 0.5) is 0 Å². The van der Waals surface area contributed by atoms with Gasteiger partial charge in [-0.1, -0.05) is 50.1 Å². The topological polar surface area (TPSA) is 37.3 Å². The fourth-order valence-corrected chi connectivity index (χ4v) is 1.77. The number of carbonyl (C=O) groups is 1. The van der Waals surface area contributed by atoms with Crippen LogP contribution in [0.3, 0.4) is 0 Å². The van der Waals surface area contributed by atoms with E-state index in [-0.39, 0.29) is 12.3 Å². The first-order valence-corrected chi connectivity index (χ1v) is 5.50. The zero-order valence-electron chi connectivity index (χ0n) is 9.15. The molecule has 0 unspecified atom stereocenters. The molecular formula is C13H18O2. The van der Waals surface area contributed by atoms with Crippen molar-refractivity contribution in [2.24, 2.45) is 0 Å². The summed E-state index contributed by atoms with van der Waals surface area (Å²) in [5, 5.41) is 8.84. The molecule has 0 aliphatic carbocycles. The quantitative estimate of drug-likeness (QED) is 0.774. The number of unbranched alkanes of at least 4 members (excludes halogenated alkanes) is 1. The molecule has 0 saturated heterocycles. The standard InChI is InChI=1S/C13H18O2/c1-2-3-7-12(10-13(14)15)11-8-5-4-6-9-11/h4-6,8-9,12H,2-3,7,10H2,1H3,(H,14,15)/t12-/m0/s1. The monoisotopic (exact) mass is 206 g/mol. The van der Waals surface area contributed by atoms with Crippen LogP contribution in [0.1, 0.15) is 44.1 Å². The van der Waals surface area contributed by atoms with Gasteiger partial charge in [0.05, 0.1) is 6.42 Å². The molecule has 0 spiro atoms. The Balaban J connectivity index is 2.67. The molecule has 15 heavy (non-hydrogen) atoms. The summed E-state index contributed by atoms with van der Waals surface area (Å²) in [5.74, 6) is -0.538. The van der Waals surface area contributed by atoms with E-state index in [0.717, 1.165) is 24.8 Å². The van der Waals surface area contributed by atoms with Crippen molar-refractivity contribution in [3.63, 3.8) is 0 Å². The lowest BCUT2D eigenvalue weighted by molar-refractivity contribution is -0.137. The number of carboxylic acids is 1. The third-order valence-electron chi connectivity index (χ3n) is 2.60. The zero-order valence-corrected chi connectivity index (χ0v) is 9.15. The normalized spacial score (nSPS) is 12.3. The second-order valence-corrected chi connectivity index (χ2v) is 3.85. The number of rotatable bonds is 6. The molecule has 2 heteroatoms. The molecule has 0 aliphatic rings. The highest BCUT2D eigenvalue weighted by Crippen LogP contribution is 2.25. The van der Waals surface area contributed by atoms with Gasteiger partial charge < -0.3 is 5.11 Å². The molecule has 1 aromatic carbocycles. The van der Waals surface area contributed by atoms with Gasteiger partial charge in [-0.05, 0) is 17.9 Å². The average molecular weight is 206 g/mol. The Bertz CT molecular complexity index is 293. The Morgan fingerprint density at radius 2 is 2.00 bits per heavy atom. The molecule has 0 aliphatic heterocycles. The van der Waals surface area contributed by atoms with Gasteiger partial charge in [0.1, 0.15) is 0 Å². The summed E-state index contributed by atoms with van der Waals surface area (Å²) >= 11 is 0. The van der Waals surface area contributed by atoms with E-state index in [9.17, 15) is 4.79 Å². The van der Waals surface area contributed by atoms with Gasteiger partial charge in [0.25, 0.3) is 0 Å². The number of hydrogen-bond acceptors (Lipinski definition) is 1. The van der Waals surface area contributed by atoms with Crippen molar-refractivity contribution >= 4 is 5.97 Å². The van der Waals surface area contributed by atoms with Crippen LogP contribution in [0.25, 0.3) is 0 Å². The lowest BCUT2D eigenvalue weighted by Gasteiger charge is -2.14. The molecule has 1 aromatic rings. The third kappa shape index (κ3) is 4.15.